The van der Waals surface area contributed by atoms with E-state index in [0.29, 0.717) is 31.1 Å². The number of aromatic nitrogens is 1. The Labute approximate surface area is 216 Å². The molecule has 0 aliphatic carbocycles. The Morgan fingerprint density at radius 1 is 1.06 bits per heavy atom. The van der Waals surface area contributed by atoms with Crippen LogP contribution in [0.3, 0.4) is 0 Å². The number of aromatic hydroxyl groups is 1. The van der Waals surface area contributed by atoms with Crippen LogP contribution in [0.15, 0.2) is 58.4 Å². The number of phenolic OH excluding ortho intramolecular Hbond substituents is 1. The number of urea groups is 1. The molecule has 184 valence electrons. The summed E-state index contributed by atoms with van der Waals surface area (Å²) in [5.74, 6) is -4.18. The lowest BCUT2D eigenvalue weighted by atomic mass is 9.82. The van der Waals surface area contributed by atoms with E-state index >= 15 is 0 Å². The molecule has 10 nitrogen and oxygen atoms in total. The van der Waals surface area contributed by atoms with Crippen molar-refractivity contribution >= 4 is 64.1 Å². The number of hydrogen-bond donors (Lipinski definition) is 3. The third-order valence-corrected chi connectivity index (χ3v) is 8.83. The highest BCUT2D eigenvalue weighted by Gasteiger charge is 2.58. The van der Waals surface area contributed by atoms with Crippen LogP contribution < -0.4 is 15.9 Å². The first-order chi connectivity index (χ1) is 17.2. The van der Waals surface area contributed by atoms with Crippen molar-refractivity contribution in [3.8, 4) is 5.75 Å². The summed E-state index contributed by atoms with van der Waals surface area (Å²) in [6, 6.07) is 11.5. The topological polar surface area (TPSA) is 152 Å². The number of fused-ring (bicyclic) bond motifs is 2. The predicted molar refractivity (Wildman–Crippen MR) is 133 cm³/mol. The molecule has 2 aromatic carbocycles. The number of halogens is 1. The predicted octanol–water partition coefficient (Wildman–Crippen LogP) is 2.58. The van der Waals surface area contributed by atoms with Gasteiger partial charge in [-0.1, -0.05) is 52.9 Å². The van der Waals surface area contributed by atoms with Crippen molar-refractivity contribution < 1.29 is 24.3 Å². The molecule has 0 bridgehead atoms. The maximum absolute atomic E-state index is 13.1. The largest absolute Gasteiger partial charge is 0.508 e. The Morgan fingerprint density at radius 3 is 2.42 bits per heavy atom. The number of nitrogens with one attached hydrogen (secondary N) is 1. The van der Waals surface area contributed by atoms with E-state index in [1.165, 1.54) is 10.6 Å². The van der Waals surface area contributed by atoms with Gasteiger partial charge in [0, 0.05) is 27.1 Å². The number of nitrogens with zero attached hydrogens (tertiary/aromatic N) is 2. The molecular weight excluding hydrogens is 528 g/mol. The summed E-state index contributed by atoms with van der Waals surface area (Å²) in [5, 5.41) is 13.0. The lowest BCUT2D eigenvalue weighted by Gasteiger charge is -2.31. The molecule has 3 aromatic rings. The van der Waals surface area contributed by atoms with Gasteiger partial charge in [0.15, 0.2) is 0 Å². The standard InChI is InChI=1S/C23H17ClN4O6S2/c24-10-5-7-11(8-6-10)26-14(30)9-27-21-18(36-23(27)34)15(12-3-1-2-4-13(12)29)16-17(35-21)20(32)28(19(16)31)22(25)33/h1-8,15-17,29H,9H2,(H2,25,33)(H,26,30)/t15-,16?,17?/m0/s1. The fourth-order valence-corrected chi connectivity index (χ4v) is 7.33. The third-order valence-electron chi connectivity index (χ3n) is 5.97. The van der Waals surface area contributed by atoms with Crippen molar-refractivity contribution in [3.63, 3.8) is 0 Å². The van der Waals surface area contributed by atoms with Gasteiger partial charge in [0.1, 0.15) is 17.5 Å². The summed E-state index contributed by atoms with van der Waals surface area (Å²) in [4.78, 5) is 64.2. The monoisotopic (exact) mass is 544 g/mol. The zero-order valence-electron chi connectivity index (χ0n) is 18.2. The van der Waals surface area contributed by atoms with E-state index in [9.17, 15) is 29.1 Å². The van der Waals surface area contributed by atoms with Gasteiger partial charge >= 0.3 is 10.9 Å². The van der Waals surface area contributed by atoms with Crippen molar-refractivity contribution in [2.45, 2.75) is 22.7 Å². The van der Waals surface area contributed by atoms with Gasteiger partial charge in [-0.05, 0) is 30.3 Å². The number of benzene rings is 2. The van der Waals surface area contributed by atoms with Crippen molar-refractivity contribution in [1.29, 1.82) is 0 Å². The highest BCUT2D eigenvalue weighted by atomic mass is 35.5. The minimum atomic E-state index is -1.20. The highest BCUT2D eigenvalue weighted by Crippen LogP contribution is 2.54. The van der Waals surface area contributed by atoms with Gasteiger partial charge in [-0.3, -0.25) is 23.7 Å². The third kappa shape index (κ3) is 3.96. The summed E-state index contributed by atoms with van der Waals surface area (Å²) in [6.45, 7) is -0.354. The Bertz CT molecular complexity index is 1480. The number of carbonyl (C=O) groups is 4. The number of likely N-dealkylation sites (tertiary alicyclic amines) is 1. The number of phenols is 1. The van der Waals surface area contributed by atoms with Gasteiger partial charge in [-0.25, -0.2) is 4.79 Å². The molecule has 2 aliphatic rings. The van der Waals surface area contributed by atoms with Crippen LogP contribution in [0.2, 0.25) is 5.02 Å². The van der Waals surface area contributed by atoms with Crippen LogP contribution in [0.4, 0.5) is 10.5 Å². The number of thiazole rings is 1. The molecule has 2 unspecified atom stereocenters. The molecule has 2 aliphatic heterocycles. The number of para-hydroxylation sites is 1. The molecular formula is C23H17ClN4O6S2. The SMILES string of the molecule is NC(=O)N1C(=O)C2Sc3c(sc(=O)n3CC(=O)Nc3ccc(Cl)cc3)[C@@H](c3ccccc3O)C2C1=O. The summed E-state index contributed by atoms with van der Waals surface area (Å²) in [6.07, 6.45) is 0. The maximum atomic E-state index is 13.1. The second-order valence-corrected chi connectivity index (χ2v) is 10.7. The Balaban J connectivity index is 1.57. The molecule has 5 rings (SSSR count). The van der Waals surface area contributed by atoms with Crippen LogP contribution in [0.5, 0.6) is 5.75 Å². The van der Waals surface area contributed by atoms with E-state index in [0.717, 1.165) is 23.1 Å². The van der Waals surface area contributed by atoms with Crippen LogP contribution in [-0.4, -0.2) is 43.6 Å². The van der Waals surface area contributed by atoms with E-state index in [2.05, 4.69) is 5.32 Å². The average Bonchev–Trinajstić information content (AvgIpc) is 3.27. The van der Waals surface area contributed by atoms with E-state index in [4.69, 9.17) is 17.3 Å². The molecule has 1 saturated heterocycles. The number of thioether (sulfide) groups is 1. The number of nitrogens with two attached hydrogens (primary N) is 1. The van der Waals surface area contributed by atoms with E-state index in [1.54, 1.807) is 42.5 Å². The highest BCUT2D eigenvalue weighted by molar-refractivity contribution is 8.00. The molecule has 0 saturated carbocycles. The zero-order valence-corrected chi connectivity index (χ0v) is 20.6. The normalized spacial score (nSPS) is 20.7. The van der Waals surface area contributed by atoms with E-state index in [-0.39, 0.29) is 12.3 Å². The molecule has 0 radical (unpaired) electrons. The van der Waals surface area contributed by atoms with Crippen LogP contribution >= 0.6 is 34.7 Å². The average molecular weight is 545 g/mol. The van der Waals surface area contributed by atoms with E-state index < -0.39 is 45.7 Å². The Morgan fingerprint density at radius 2 is 1.75 bits per heavy atom. The number of rotatable bonds is 4. The smallest absolute Gasteiger partial charge is 0.328 e. The summed E-state index contributed by atoms with van der Waals surface area (Å²) in [7, 11) is 0. The number of anilines is 1. The van der Waals surface area contributed by atoms with Crippen molar-refractivity contribution in [3.05, 3.63) is 73.7 Å². The van der Waals surface area contributed by atoms with Gasteiger partial charge in [-0.15, -0.1) is 0 Å². The number of amides is 5. The molecule has 4 N–H and O–H groups in total. The molecule has 13 heteroatoms. The molecule has 1 aromatic heterocycles. The van der Waals surface area contributed by atoms with Gasteiger partial charge in [0.25, 0.3) is 5.91 Å². The first kappa shape index (κ1) is 24.1. The summed E-state index contributed by atoms with van der Waals surface area (Å²) < 4.78 is 1.23. The quantitative estimate of drug-likeness (QED) is 0.427. The molecule has 0 spiro atoms. The van der Waals surface area contributed by atoms with Gasteiger partial charge in [0.05, 0.1) is 10.9 Å². The van der Waals surface area contributed by atoms with Crippen LogP contribution in [0.1, 0.15) is 16.4 Å². The van der Waals surface area contributed by atoms with E-state index in [1.807, 2.05) is 0 Å². The first-order valence-electron chi connectivity index (χ1n) is 10.6. The zero-order chi connectivity index (χ0) is 25.7. The second-order valence-electron chi connectivity index (χ2n) is 8.13. The van der Waals surface area contributed by atoms with Crippen molar-refractivity contribution in [2.75, 3.05) is 5.32 Å². The Hall–Kier alpha value is -3.61. The summed E-state index contributed by atoms with van der Waals surface area (Å²) in [5.41, 5.74) is 6.10. The second kappa shape index (κ2) is 9.12. The fourth-order valence-electron chi connectivity index (χ4n) is 4.44. The molecule has 36 heavy (non-hydrogen) atoms. The molecule has 3 atom stereocenters. The van der Waals surface area contributed by atoms with Crippen LogP contribution in [-0.2, 0) is 20.9 Å². The fraction of sp³-hybridized carbons (Fsp3) is 0.174. The summed E-state index contributed by atoms with van der Waals surface area (Å²) >= 11 is 7.63. The number of hydrogen-bond acceptors (Lipinski definition) is 8. The Kier molecular flexibility index (Phi) is 6.10. The lowest BCUT2D eigenvalue weighted by Crippen LogP contribution is -2.41. The first-order valence-corrected chi connectivity index (χ1v) is 12.7. The van der Waals surface area contributed by atoms with Crippen LogP contribution in [0.25, 0.3) is 0 Å². The minimum absolute atomic E-state index is 0.134. The molecule has 3 heterocycles. The number of primary amides is 1. The van der Waals surface area contributed by atoms with Gasteiger partial charge < -0.3 is 16.2 Å². The molecule has 1 fully saturated rings. The maximum Gasteiger partial charge on any atom is 0.328 e. The molecule has 5 amide bonds. The van der Waals surface area contributed by atoms with Crippen molar-refractivity contribution in [2.24, 2.45) is 11.7 Å². The number of carbonyl (C=O) groups excluding carboxylic acids is 4. The van der Waals surface area contributed by atoms with Gasteiger partial charge in [0.2, 0.25) is 11.8 Å². The lowest BCUT2D eigenvalue weighted by molar-refractivity contribution is -0.135. The van der Waals surface area contributed by atoms with Gasteiger partial charge in [-0.2, -0.15) is 4.90 Å². The van der Waals surface area contributed by atoms with Crippen molar-refractivity contribution in [1.82, 2.24) is 9.47 Å². The van der Waals surface area contributed by atoms with Crippen LogP contribution in [0, 0.1) is 5.92 Å². The minimum Gasteiger partial charge on any atom is -0.508 e. The number of imide groups is 3.